The van der Waals surface area contributed by atoms with Crippen molar-refractivity contribution >= 4 is 23.1 Å². The lowest BCUT2D eigenvalue weighted by Gasteiger charge is -2.14. The van der Waals surface area contributed by atoms with Crippen LogP contribution >= 0.6 is 0 Å². The van der Waals surface area contributed by atoms with Gasteiger partial charge in [-0.15, -0.1) is 10.2 Å². The number of carbonyl (C=O) groups excluding carboxylic acids is 1. The number of nitrogens with zero attached hydrogens (tertiary/aromatic N) is 7. The standard InChI is InChI=1S/C25H23FN8O2/c1-14-4-5-16(22-27-12-20(34(14)22)24(35)32(2)3)18-11-29-25(33-13-30-31-23(18)33)28-10-17-15-8-9-36-21(15)7-6-19(17)26/h4-7,11-13H,8-10H2,1-3H3,(H,28,29). The second kappa shape index (κ2) is 8.29. The molecule has 0 saturated carbocycles. The Labute approximate surface area is 205 Å². The van der Waals surface area contributed by atoms with Gasteiger partial charge in [-0.3, -0.25) is 13.6 Å². The fraction of sp³-hybridized carbons (Fsp3) is 0.240. The van der Waals surface area contributed by atoms with Crippen LogP contribution in [0, 0.1) is 12.7 Å². The summed E-state index contributed by atoms with van der Waals surface area (Å²) in [4.78, 5) is 23.4. The van der Waals surface area contributed by atoms with E-state index >= 15 is 0 Å². The van der Waals surface area contributed by atoms with Gasteiger partial charge in [-0.1, -0.05) is 0 Å². The maximum Gasteiger partial charge on any atom is 0.271 e. The number of benzene rings is 1. The molecule has 11 heteroatoms. The molecule has 0 unspecified atom stereocenters. The first kappa shape index (κ1) is 22.0. The number of halogens is 1. The average molecular weight is 487 g/mol. The summed E-state index contributed by atoms with van der Waals surface area (Å²) in [6.45, 7) is 2.71. The number of nitrogens with one attached hydrogen (secondary N) is 1. The topological polar surface area (TPSA) is 102 Å². The summed E-state index contributed by atoms with van der Waals surface area (Å²) in [7, 11) is 3.41. The lowest BCUT2D eigenvalue weighted by Crippen LogP contribution is -2.23. The van der Waals surface area contributed by atoms with E-state index in [1.165, 1.54) is 11.0 Å². The highest BCUT2D eigenvalue weighted by atomic mass is 19.1. The minimum absolute atomic E-state index is 0.141. The predicted octanol–water partition coefficient (Wildman–Crippen LogP) is 3.14. The van der Waals surface area contributed by atoms with Gasteiger partial charge < -0.3 is 15.0 Å². The van der Waals surface area contributed by atoms with Crippen LogP contribution in [-0.2, 0) is 13.0 Å². The SMILES string of the molecule is Cc1ccc(-c2cnc(NCc3c(F)ccc4c3CCO4)n3cnnc23)c2ncc(C(=O)N(C)C)n12. The van der Waals surface area contributed by atoms with Crippen molar-refractivity contribution in [2.24, 2.45) is 0 Å². The van der Waals surface area contributed by atoms with E-state index in [0.29, 0.717) is 47.1 Å². The van der Waals surface area contributed by atoms with E-state index in [1.807, 2.05) is 23.5 Å². The normalized spacial score (nSPS) is 12.7. The van der Waals surface area contributed by atoms with Crippen molar-refractivity contribution in [3.8, 4) is 16.9 Å². The van der Waals surface area contributed by atoms with Crippen LogP contribution in [0.3, 0.4) is 0 Å². The van der Waals surface area contributed by atoms with Gasteiger partial charge in [-0.25, -0.2) is 14.4 Å². The zero-order valence-electron chi connectivity index (χ0n) is 20.0. The molecule has 5 heterocycles. The molecule has 0 spiro atoms. The largest absolute Gasteiger partial charge is 0.493 e. The Hall–Kier alpha value is -4.54. The smallest absolute Gasteiger partial charge is 0.271 e. The van der Waals surface area contributed by atoms with Crippen LogP contribution in [0.1, 0.15) is 27.3 Å². The molecule has 10 nitrogen and oxygen atoms in total. The Morgan fingerprint density at radius 1 is 1.14 bits per heavy atom. The van der Waals surface area contributed by atoms with E-state index in [9.17, 15) is 9.18 Å². The number of hydrogen-bond acceptors (Lipinski definition) is 7. The first-order valence-corrected chi connectivity index (χ1v) is 11.5. The molecule has 36 heavy (non-hydrogen) atoms. The van der Waals surface area contributed by atoms with Gasteiger partial charge in [0.15, 0.2) is 5.65 Å². The zero-order chi connectivity index (χ0) is 25.0. The van der Waals surface area contributed by atoms with Crippen molar-refractivity contribution < 1.29 is 13.9 Å². The van der Waals surface area contributed by atoms with Gasteiger partial charge in [0.1, 0.15) is 29.2 Å². The molecule has 1 amide bonds. The third kappa shape index (κ3) is 3.35. The Morgan fingerprint density at radius 3 is 2.83 bits per heavy atom. The van der Waals surface area contributed by atoms with Gasteiger partial charge in [0.2, 0.25) is 5.95 Å². The Bertz CT molecular complexity index is 1660. The molecule has 1 N–H and O–H groups in total. The fourth-order valence-corrected chi connectivity index (χ4v) is 4.66. The van der Waals surface area contributed by atoms with Crippen molar-refractivity contribution in [3.05, 3.63) is 71.3 Å². The lowest BCUT2D eigenvalue weighted by molar-refractivity contribution is 0.0820. The summed E-state index contributed by atoms with van der Waals surface area (Å²) in [5.74, 6) is 0.775. The summed E-state index contributed by atoms with van der Waals surface area (Å²) in [5, 5.41) is 11.6. The fourth-order valence-electron chi connectivity index (χ4n) is 4.66. The van der Waals surface area contributed by atoms with Crippen LogP contribution in [0.4, 0.5) is 10.3 Å². The van der Waals surface area contributed by atoms with E-state index in [-0.39, 0.29) is 18.3 Å². The van der Waals surface area contributed by atoms with E-state index < -0.39 is 0 Å². The number of hydrogen-bond donors (Lipinski definition) is 1. The molecule has 5 aromatic rings. The van der Waals surface area contributed by atoms with E-state index in [2.05, 4.69) is 25.5 Å². The first-order valence-electron chi connectivity index (χ1n) is 11.5. The molecule has 4 aromatic heterocycles. The van der Waals surface area contributed by atoms with Crippen molar-refractivity contribution in [3.63, 3.8) is 0 Å². The Balaban J connectivity index is 1.40. The molecule has 0 aliphatic carbocycles. The number of anilines is 1. The molecule has 0 saturated heterocycles. The number of imidazole rings is 1. The first-order chi connectivity index (χ1) is 17.4. The van der Waals surface area contributed by atoms with Crippen LogP contribution in [0.2, 0.25) is 0 Å². The zero-order valence-corrected chi connectivity index (χ0v) is 20.0. The van der Waals surface area contributed by atoms with Crippen molar-refractivity contribution in [2.75, 3.05) is 26.0 Å². The minimum atomic E-state index is -0.284. The number of rotatable bonds is 5. The van der Waals surface area contributed by atoms with Crippen LogP contribution in [-0.4, -0.2) is 60.5 Å². The number of ether oxygens (including phenoxy) is 1. The molecule has 6 rings (SSSR count). The Kier molecular flexibility index (Phi) is 5.06. The molecule has 0 fully saturated rings. The van der Waals surface area contributed by atoms with Crippen molar-refractivity contribution in [2.45, 2.75) is 19.9 Å². The summed E-state index contributed by atoms with van der Waals surface area (Å²) < 4.78 is 23.7. The van der Waals surface area contributed by atoms with Crippen molar-refractivity contribution in [1.82, 2.24) is 33.9 Å². The van der Waals surface area contributed by atoms with Crippen LogP contribution in [0.5, 0.6) is 5.75 Å². The molecular formula is C25H23FN8O2. The molecule has 182 valence electrons. The molecule has 0 atom stereocenters. The third-order valence-corrected chi connectivity index (χ3v) is 6.46. The quantitative estimate of drug-likeness (QED) is 0.407. The summed E-state index contributed by atoms with van der Waals surface area (Å²) in [6.07, 6.45) is 5.49. The van der Waals surface area contributed by atoms with Crippen molar-refractivity contribution in [1.29, 1.82) is 0 Å². The number of carbonyl (C=O) groups is 1. The highest BCUT2D eigenvalue weighted by molar-refractivity contribution is 5.95. The maximum atomic E-state index is 14.6. The van der Waals surface area contributed by atoms with Crippen LogP contribution < -0.4 is 10.1 Å². The van der Waals surface area contributed by atoms with E-state index in [4.69, 9.17) is 4.74 Å². The highest BCUT2D eigenvalue weighted by Gasteiger charge is 2.22. The van der Waals surface area contributed by atoms with Gasteiger partial charge in [0, 0.05) is 61.2 Å². The summed E-state index contributed by atoms with van der Waals surface area (Å²) in [5.41, 5.74) is 5.44. The Morgan fingerprint density at radius 2 is 2.00 bits per heavy atom. The number of amides is 1. The van der Waals surface area contributed by atoms with Gasteiger partial charge in [-0.2, -0.15) is 0 Å². The molecule has 0 radical (unpaired) electrons. The van der Waals surface area contributed by atoms with Gasteiger partial charge >= 0.3 is 0 Å². The molecule has 1 aliphatic rings. The lowest BCUT2D eigenvalue weighted by atomic mass is 10.0. The summed E-state index contributed by atoms with van der Waals surface area (Å²) >= 11 is 0. The van der Waals surface area contributed by atoms with Crippen LogP contribution in [0.15, 0.2) is 43.0 Å². The number of fused-ring (bicyclic) bond motifs is 3. The minimum Gasteiger partial charge on any atom is -0.493 e. The predicted molar refractivity (Wildman–Crippen MR) is 131 cm³/mol. The van der Waals surface area contributed by atoms with Gasteiger partial charge in [0.25, 0.3) is 5.91 Å². The highest BCUT2D eigenvalue weighted by Crippen LogP contribution is 2.32. The molecular weight excluding hydrogens is 463 g/mol. The van der Waals surface area contributed by atoms with Gasteiger partial charge in [-0.05, 0) is 31.2 Å². The second-order valence-electron chi connectivity index (χ2n) is 8.87. The van der Waals surface area contributed by atoms with E-state index in [0.717, 1.165) is 22.6 Å². The summed E-state index contributed by atoms with van der Waals surface area (Å²) in [6, 6.07) is 6.95. The van der Waals surface area contributed by atoms with Crippen LogP contribution in [0.25, 0.3) is 22.4 Å². The maximum absolute atomic E-state index is 14.6. The molecule has 0 bridgehead atoms. The van der Waals surface area contributed by atoms with Gasteiger partial charge in [0.05, 0.1) is 12.8 Å². The molecule has 1 aliphatic heterocycles. The monoisotopic (exact) mass is 486 g/mol. The van der Waals surface area contributed by atoms with E-state index in [1.54, 1.807) is 43.3 Å². The number of aryl methyl sites for hydroxylation is 1. The second-order valence-corrected chi connectivity index (χ2v) is 8.87. The third-order valence-electron chi connectivity index (χ3n) is 6.46. The average Bonchev–Trinajstić information content (AvgIpc) is 3.63. The molecule has 1 aromatic carbocycles. The number of aromatic nitrogens is 6. The number of pyridine rings is 1.